The first-order valence-electron chi connectivity index (χ1n) is 9.34. The van der Waals surface area contributed by atoms with E-state index in [0.717, 1.165) is 5.56 Å². The van der Waals surface area contributed by atoms with Crippen molar-refractivity contribution in [1.29, 1.82) is 0 Å². The second kappa shape index (κ2) is 9.54. The number of ether oxygens (including phenoxy) is 1. The lowest BCUT2D eigenvalue weighted by molar-refractivity contribution is -0.129. The molecule has 0 radical (unpaired) electrons. The number of benzene rings is 2. The van der Waals surface area contributed by atoms with Gasteiger partial charge in [-0.2, -0.15) is 0 Å². The van der Waals surface area contributed by atoms with Gasteiger partial charge in [-0.25, -0.2) is 4.98 Å². The summed E-state index contributed by atoms with van der Waals surface area (Å²) < 4.78 is 7.27. The van der Waals surface area contributed by atoms with Crippen LogP contribution in [0.1, 0.15) is 24.4 Å². The van der Waals surface area contributed by atoms with E-state index in [1.165, 1.54) is 0 Å². The molecule has 0 aliphatic heterocycles. The molecule has 0 unspecified atom stereocenters. The number of amides is 2. The predicted molar refractivity (Wildman–Crippen MR) is 109 cm³/mol. The molecule has 3 aromatic rings. The van der Waals surface area contributed by atoms with Crippen LogP contribution in [0.2, 0.25) is 0 Å². The summed E-state index contributed by atoms with van der Waals surface area (Å²) in [5.74, 6) is 0.619. The highest BCUT2D eigenvalue weighted by Crippen LogP contribution is 2.20. The molecule has 7 nitrogen and oxygen atoms in total. The van der Waals surface area contributed by atoms with Crippen LogP contribution in [0.15, 0.2) is 73.1 Å². The van der Waals surface area contributed by atoms with Crippen molar-refractivity contribution >= 4 is 11.8 Å². The van der Waals surface area contributed by atoms with Crippen molar-refractivity contribution in [3.05, 3.63) is 84.4 Å². The van der Waals surface area contributed by atoms with Gasteiger partial charge in [0.1, 0.15) is 23.7 Å². The van der Waals surface area contributed by atoms with Crippen molar-refractivity contribution < 1.29 is 14.3 Å². The Morgan fingerprint density at radius 3 is 2.31 bits per heavy atom. The Morgan fingerprint density at radius 2 is 1.69 bits per heavy atom. The van der Waals surface area contributed by atoms with E-state index in [1.54, 1.807) is 25.3 Å². The molecule has 1 heterocycles. The highest BCUT2D eigenvalue weighted by Gasteiger charge is 2.24. The summed E-state index contributed by atoms with van der Waals surface area (Å²) in [6.07, 6.45) is 3.51. The highest BCUT2D eigenvalue weighted by molar-refractivity contribution is 5.88. The topological polar surface area (TPSA) is 85.2 Å². The van der Waals surface area contributed by atoms with E-state index in [1.807, 2.05) is 66.3 Å². The maximum absolute atomic E-state index is 12.7. The Bertz CT molecular complexity index is 941. The molecule has 150 valence electrons. The average Bonchev–Trinajstić information content (AvgIpc) is 3.17. The minimum absolute atomic E-state index is 0.164. The highest BCUT2D eigenvalue weighted by atomic mass is 16.5. The largest absolute Gasteiger partial charge is 0.484 e. The number of nitrogens with one attached hydrogen (secondary N) is 2. The SMILES string of the molecule is C[C@H](NC(=O)COc1ccccc1)C(=O)N[C@@H](c1ccccc1)c1nccn1C. The first-order chi connectivity index (χ1) is 14.0. The molecule has 0 saturated heterocycles. The summed E-state index contributed by atoms with van der Waals surface area (Å²) in [6.45, 7) is 1.47. The van der Waals surface area contributed by atoms with Crippen molar-refractivity contribution in [1.82, 2.24) is 20.2 Å². The molecule has 0 fully saturated rings. The average molecular weight is 392 g/mol. The number of aromatic nitrogens is 2. The Kier molecular flexibility index (Phi) is 6.63. The van der Waals surface area contributed by atoms with Gasteiger partial charge in [0.2, 0.25) is 5.91 Å². The summed E-state index contributed by atoms with van der Waals surface area (Å²) in [5, 5.41) is 5.64. The Hall–Kier alpha value is -3.61. The normalized spacial score (nSPS) is 12.6. The minimum Gasteiger partial charge on any atom is -0.484 e. The van der Waals surface area contributed by atoms with Gasteiger partial charge in [-0.15, -0.1) is 0 Å². The second-order valence-corrected chi connectivity index (χ2v) is 6.64. The zero-order chi connectivity index (χ0) is 20.6. The molecular weight excluding hydrogens is 368 g/mol. The molecule has 7 heteroatoms. The molecule has 0 spiro atoms. The van der Waals surface area contributed by atoms with Gasteiger partial charge in [0.25, 0.3) is 5.91 Å². The van der Waals surface area contributed by atoms with E-state index in [0.29, 0.717) is 11.6 Å². The molecule has 0 saturated carbocycles. The van der Waals surface area contributed by atoms with Gasteiger partial charge >= 0.3 is 0 Å². The minimum atomic E-state index is -0.728. The first kappa shape index (κ1) is 20.1. The number of aryl methyl sites for hydroxylation is 1. The van der Waals surface area contributed by atoms with E-state index in [9.17, 15) is 9.59 Å². The molecule has 2 N–H and O–H groups in total. The van der Waals surface area contributed by atoms with E-state index in [-0.39, 0.29) is 18.4 Å². The van der Waals surface area contributed by atoms with E-state index >= 15 is 0 Å². The number of carbonyl (C=O) groups excluding carboxylic acids is 2. The van der Waals surface area contributed by atoms with Gasteiger partial charge in [0, 0.05) is 19.4 Å². The van der Waals surface area contributed by atoms with Crippen molar-refractivity contribution in [3.8, 4) is 5.75 Å². The molecule has 0 aliphatic carbocycles. The maximum Gasteiger partial charge on any atom is 0.258 e. The quantitative estimate of drug-likeness (QED) is 0.616. The fourth-order valence-electron chi connectivity index (χ4n) is 2.88. The van der Waals surface area contributed by atoms with Gasteiger partial charge in [0.05, 0.1) is 0 Å². The van der Waals surface area contributed by atoms with Crippen LogP contribution in [0.5, 0.6) is 5.75 Å². The smallest absolute Gasteiger partial charge is 0.258 e. The van der Waals surface area contributed by atoms with Gasteiger partial charge in [-0.05, 0) is 24.6 Å². The number of carbonyl (C=O) groups is 2. The Labute approximate surface area is 169 Å². The van der Waals surface area contributed by atoms with Gasteiger partial charge in [0.15, 0.2) is 6.61 Å². The van der Waals surface area contributed by atoms with E-state index < -0.39 is 12.1 Å². The van der Waals surface area contributed by atoms with Crippen molar-refractivity contribution in [2.75, 3.05) is 6.61 Å². The van der Waals surface area contributed by atoms with Crippen molar-refractivity contribution in [3.63, 3.8) is 0 Å². The number of rotatable bonds is 8. The van der Waals surface area contributed by atoms with Crippen LogP contribution in [0.3, 0.4) is 0 Å². The molecule has 0 bridgehead atoms. The van der Waals surface area contributed by atoms with Crippen molar-refractivity contribution in [2.24, 2.45) is 7.05 Å². The molecular formula is C22H24N4O3. The van der Waals surface area contributed by atoms with Gasteiger partial charge < -0.3 is 19.9 Å². The lowest BCUT2D eigenvalue weighted by Crippen LogP contribution is -2.47. The number of para-hydroxylation sites is 1. The summed E-state index contributed by atoms with van der Waals surface area (Å²) in [7, 11) is 1.87. The summed E-state index contributed by atoms with van der Waals surface area (Å²) in [6, 6.07) is 17.5. The summed E-state index contributed by atoms with van der Waals surface area (Å²) >= 11 is 0. The van der Waals surface area contributed by atoms with Gasteiger partial charge in [-0.3, -0.25) is 9.59 Å². The lowest BCUT2D eigenvalue weighted by Gasteiger charge is -2.22. The standard InChI is InChI=1S/C22H24N4O3/c1-16(24-19(27)15-29-18-11-7-4-8-12-18)22(28)25-20(17-9-5-3-6-10-17)21-23-13-14-26(21)2/h3-14,16,20H,15H2,1-2H3,(H,24,27)(H,25,28)/t16-,20-/m0/s1. The number of hydrogen-bond acceptors (Lipinski definition) is 4. The number of imidazole rings is 1. The third-order valence-corrected chi connectivity index (χ3v) is 4.42. The molecule has 1 aromatic heterocycles. The van der Waals surface area contributed by atoms with Crippen LogP contribution < -0.4 is 15.4 Å². The number of nitrogens with zero attached hydrogens (tertiary/aromatic N) is 2. The lowest BCUT2D eigenvalue weighted by atomic mass is 10.1. The monoisotopic (exact) mass is 392 g/mol. The van der Waals surface area contributed by atoms with Crippen LogP contribution in [-0.4, -0.2) is 34.0 Å². The first-order valence-corrected chi connectivity index (χ1v) is 9.34. The molecule has 0 aliphatic rings. The third-order valence-electron chi connectivity index (χ3n) is 4.42. The molecule has 2 aromatic carbocycles. The third kappa shape index (κ3) is 5.44. The summed E-state index contributed by atoms with van der Waals surface area (Å²) in [4.78, 5) is 29.2. The maximum atomic E-state index is 12.7. The fraction of sp³-hybridized carbons (Fsp3) is 0.227. The zero-order valence-electron chi connectivity index (χ0n) is 16.4. The molecule has 29 heavy (non-hydrogen) atoms. The second-order valence-electron chi connectivity index (χ2n) is 6.64. The van der Waals surface area contributed by atoms with Crippen LogP contribution in [0.4, 0.5) is 0 Å². The van der Waals surface area contributed by atoms with Crippen LogP contribution in [-0.2, 0) is 16.6 Å². The molecule has 3 rings (SSSR count). The molecule has 2 atom stereocenters. The van der Waals surface area contributed by atoms with Crippen LogP contribution >= 0.6 is 0 Å². The zero-order valence-corrected chi connectivity index (χ0v) is 16.4. The van der Waals surface area contributed by atoms with Crippen molar-refractivity contribution in [2.45, 2.75) is 19.0 Å². The Balaban J connectivity index is 1.61. The van der Waals surface area contributed by atoms with E-state index in [4.69, 9.17) is 4.74 Å². The number of hydrogen-bond donors (Lipinski definition) is 2. The van der Waals surface area contributed by atoms with Crippen LogP contribution in [0, 0.1) is 0 Å². The molecule has 2 amide bonds. The van der Waals surface area contributed by atoms with Gasteiger partial charge in [-0.1, -0.05) is 48.5 Å². The van der Waals surface area contributed by atoms with E-state index in [2.05, 4.69) is 15.6 Å². The fourth-order valence-corrected chi connectivity index (χ4v) is 2.88. The Morgan fingerprint density at radius 1 is 1.03 bits per heavy atom. The van der Waals surface area contributed by atoms with Crippen LogP contribution in [0.25, 0.3) is 0 Å². The summed E-state index contributed by atoms with van der Waals surface area (Å²) in [5.41, 5.74) is 0.904. The predicted octanol–water partition coefficient (Wildman–Crippen LogP) is 2.21.